The van der Waals surface area contributed by atoms with Crippen molar-refractivity contribution in [2.75, 3.05) is 4.90 Å². The molecule has 2 atom stereocenters. The van der Waals surface area contributed by atoms with Gasteiger partial charge in [0, 0.05) is 12.5 Å². The SMILES string of the molecule is CC(=O)c1ccc(C)c2c1C(=O)C(C(C)=O)C(N)N2C(C)=O. The standard InChI is InChI=1S/C16H18N2O4/c1-7-5-6-11(8(2)19)13-14(7)18(10(4)21)16(17)12(9(3)20)15(13)22/h5-6,12,16H,17H2,1-4H3. The summed E-state index contributed by atoms with van der Waals surface area (Å²) >= 11 is 0. The number of Topliss-reactive ketones (excluding diaryl/α,β-unsaturated/α-hetero) is 3. The van der Waals surface area contributed by atoms with Crippen molar-refractivity contribution in [2.24, 2.45) is 11.7 Å². The molecule has 0 saturated carbocycles. The van der Waals surface area contributed by atoms with Gasteiger partial charge >= 0.3 is 0 Å². The first-order valence-corrected chi connectivity index (χ1v) is 6.93. The van der Waals surface area contributed by atoms with Crippen LogP contribution in [0.5, 0.6) is 0 Å². The lowest BCUT2D eigenvalue weighted by molar-refractivity contribution is -0.120. The van der Waals surface area contributed by atoms with Gasteiger partial charge in [0.2, 0.25) is 5.91 Å². The van der Waals surface area contributed by atoms with Gasteiger partial charge in [0.1, 0.15) is 17.9 Å². The van der Waals surface area contributed by atoms with Gasteiger partial charge in [0.05, 0.1) is 11.3 Å². The van der Waals surface area contributed by atoms with Gasteiger partial charge in [-0.1, -0.05) is 12.1 Å². The first kappa shape index (κ1) is 16.0. The Bertz CT molecular complexity index is 708. The molecule has 2 rings (SSSR count). The lowest BCUT2D eigenvalue weighted by Crippen LogP contribution is -2.58. The van der Waals surface area contributed by atoms with Crippen molar-refractivity contribution in [2.45, 2.75) is 33.9 Å². The van der Waals surface area contributed by atoms with E-state index in [1.807, 2.05) is 0 Å². The van der Waals surface area contributed by atoms with E-state index < -0.39 is 23.7 Å². The van der Waals surface area contributed by atoms with Crippen molar-refractivity contribution in [3.05, 3.63) is 28.8 Å². The molecule has 1 aliphatic heterocycles. The van der Waals surface area contributed by atoms with Crippen LogP contribution in [0.1, 0.15) is 47.1 Å². The second-order valence-corrected chi connectivity index (χ2v) is 5.54. The van der Waals surface area contributed by atoms with Gasteiger partial charge in [0.15, 0.2) is 11.6 Å². The summed E-state index contributed by atoms with van der Waals surface area (Å²) in [5.41, 5.74) is 7.31. The van der Waals surface area contributed by atoms with Crippen LogP contribution in [0.3, 0.4) is 0 Å². The smallest absolute Gasteiger partial charge is 0.225 e. The number of carbonyl (C=O) groups is 4. The van der Waals surface area contributed by atoms with Crippen LogP contribution in [0.4, 0.5) is 5.69 Å². The number of rotatable bonds is 2. The molecule has 1 aromatic carbocycles. The number of benzene rings is 1. The fourth-order valence-corrected chi connectivity index (χ4v) is 2.95. The van der Waals surface area contributed by atoms with Gasteiger partial charge in [-0.05, 0) is 26.3 Å². The summed E-state index contributed by atoms with van der Waals surface area (Å²) in [7, 11) is 0. The van der Waals surface area contributed by atoms with Crippen LogP contribution in [-0.4, -0.2) is 29.4 Å². The highest BCUT2D eigenvalue weighted by atomic mass is 16.2. The minimum atomic E-state index is -1.16. The Morgan fingerprint density at radius 3 is 2.18 bits per heavy atom. The fourth-order valence-electron chi connectivity index (χ4n) is 2.95. The first-order chi connectivity index (χ1) is 10.2. The van der Waals surface area contributed by atoms with Crippen LogP contribution in [0.2, 0.25) is 0 Å². The summed E-state index contributed by atoms with van der Waals surface area (Å²) in [4.78, 5) is 49.7. The van der Waals surface area contributed by atoms with Crippen molar-refractivity contribution in [1.29, 1.82) is 0 Å². The van der Waals surface area contributed by atoms with Gasteiger partial charge in [-0.15, -0.1) is 0 Å². The Morgan fingerprint density at radius 2 is 1.73 bits per heavy atom. The summed E-state index contributed by atoms with van der Waals surface area (Å²) in [5.74, 6) is -2.76. The summed E-state index contributed by atoms with van der Waals surface area (Å²) in [6, 6.07) is 3.21. The van der Waals surface area contributed by atoms with Crippen LogP contribution in [0.15, 0.2) is 12.1 Å². The molecule has 2 unspecified atom stereocenters. The average molecular weight is 302 g/mol. The van der Waals surface area contributed by atoms with E-state index >= 15 is 0 Å². The number of hydrogen-bond acceptors (Lipinski definition) is 5. The lowest BCUT2D eigenvalue weighted by atomic mass is 9.81. The number of fused-ring (bicyclic) bond motifs is 1. The Balaban J connectivity index is 2.87. The number of amides is 1. The van der Waals surface area contributed by atoms with Gasteiger partial charge in [-0.25, -0.2) is 0 Å². The number of hydrogen-bond donors (Lipinski definition) is 1. The maximum atomic E-state index is 12.7. The first-order valence-electron chi connectivity index (χ1n) is 6.93. The third kappa shape index (κ3) is 2.25. The molecule has 0 spiro atoms. The summed E-state index contributed by atoms with van der Waals surface area (Å²) in [5, 5.41) is 0. The Hall–Kier alpha value is -2.34. The normalized spacial score (nSPS) is 20.6. The maximum Gasteiger partial charge on any atom is 0.225 e. The third-order valence-corrected chi connectivity index (χ3v) is 3.95. The summed E-state index contributed by atoms with van der Waals surface area (Å²) in [6.07, 6.45) is -1.06. The van der Waals surface area contributed by atoms with E-state index in [0.717, 1.165) is 0 Å². The monoisotopic (exact) mass is 302 g/mol. The van der Waals surface area contributed by atoms with E-state index in [-0.39, 0.29) is 22.8 Å². The van der Waals surface area contributed by atoms with Crippen LogP contribution >= 0.6 is 0 Å². The molecule has 6 heteroatoms. The molecule has 0 aromatic heterocycles. The molecule has 1 heterocycles. The molecule has 0 saturated heterocycles. The summed E-state index contributed by atoms with van der Waals surface area (Å²) < 4.78 is 0. The van der Waals surface area contributed by atoms with Gasteiger partial charge in [-0.3, -0.25) is 24.1 Å². The van der Waals surface area contributed by atoms with Crippen molar-refractivity contribution in [3.63, 3.8) is 0 Å². The number of aryl methyl sites for hydroxylation is 1. The molecular formula is C16H18N2O4. The lowest BCUT2D eigenvalue weighted by Gasteiger charge is -2.39. The highest BCUT2D eigenvalue weighted by Crippen LogP contribution is 2.37. The Morgan fingerprint density at radius 1 is 1.14 bits per heavy atom. The zero-order valence-corrected chi connectivity index (χ0v) is 13.0. The van der Waals surface area contributed by atoms with E-state index in [9.17, 15) is 19.2 Å². The zero-order chi connectivity index (χ0) is 16.8. The molecular weight excluding hydrogens is 284 g/mol. The van der Waals surface area contributed by atoms with Gasteiger partial charge in [0.25, 0.3) is 0 Å². The zero-order valence-electron chi connectivity index (χ0n) is 13.0. The summed E-state index contributed by atoms with van der Waals surface area (Å²) in [6.45, 7) is 5.64. The van der Waals surface area contributed by atoms with Crippen molar-refractivity contribution >= 4 is 28.9 Å². The molecule has 0 radical (unpaired) electrons. The second kappa shape index (κ2) is 5.46. The highest BCUT2D eigenvalue weighted by molar-refractivity contribution is 6.22. The van der Waals surface area contributed by atoms with Gasteiger partial charge in [-0.2, -0.15) is 0 Å². The Kier molecular flexibility index (Phi) is 3.98. The fraction of sp³-hybridized carbons (Fsp3) is 0.375. The Labute approximate surface area is 128 Å². The third-order valence-electron chi connectivity index (χ3n) is 3.95. The van der Waals surface area contributed by atoms with E-state index in [4.69, 9.17) is 5.73 Å². The van der Waals surface area contributed by atoms with Crippen molar-refractivity contribution in [1.82, 2.24) is 0 Å². The number of anilines is 1. The molecule has 6 nitrogen and oxygen atoms in total. The van der Waals surface area contributed by atoms with Crippen LogP contribution in [0, 0.1) is 12.8 Å². The predicted octanol–water partition coefficient (Wildman–Crippen LogP) is 1.24. The molecule has 1 aliphatic rings. The van der Waals surface area contributed by atoms with Crippen molar-refractivity contribution < 1.29 is 19.2 Å². The quantitative estimate of drug-likeness (QED) is 0.654. The van der Waals surface area contributed by atoms with Crippen molar-refractivity contribution in [3.8, 4) is 0 Å². The molecule has 0 aliphatic carbocycles. The predicted molar refractivity (Wildman–Crippen MR) is 80.8 cm³/mol. The molecule has 2 N–H and O–H groups in total. The topological polar surface area (TPSA) is 97.5 Å². The second-order valence-electron chi connectivity index (χ2n) is 5.54. The molecule has 1 aromatic rings. The minimum Gasteiger partial charge on any atom is -0.310 e. The van der Waals surface area contributed by atoms with Crippen LogP contribution < -0.4 is 10.6 Å². The highest BCUT2D eigenvalue weighted by Gasteiger charge is 2.44. The van der Waals surface area contributed by atoms with E-state index in [1.54, 1.807) is 19.1 Å². The van der Waals surface area contributed by atoms with Crippen LogP contribution in [0.25, 0.3) is 0 Å². The molecule has 1 amide bonds. The van der Waals surface area contributed by atoms with Crippen LogP contribution in [-0.2, 0) is 9.59 Å². The number of ketones is 3. The number of carbonyl (C=O) groups excluding carboxylic acids is 4. The largest absolute Gasteiger partial charge is 0.310 e. The maximum absolute atomic E-state index is 12.7. The van der Waals surface area contributed by atoms with E-state index in [2.05, 4.69) is 0 Å². The average Bonchev–Trinajstić information content (AvgIpc) is 2.38. The molecule has 22 heavy (non-hydrogen) atoms. The number of nitrogens with two attached hydrogens (primary N) is 1. The minimum absolute atomic E-state index is 0.115. The molecule has 0 bridgehead atoms. The van der Waals surface area contributed by atoms with E-state index in [0.29, 0.717) is 11.3 Å². The number of nitrogens with zero attached hydrogens (tertiary/aromatic N) is 1. The molecule has 116 valence electrons. The van der Waals surface area contributed by atoms with Gasteiger partial charge < -0.3 is 5.73 Å². The molecule has 0 fully saturated rings. The van der Waals surface area contributed by atoms with E-state index in [1.165, 1.54) is 25.7 Å².